The number of hydrogen-bond donors (Lipinski definition) is 1. The van der Waals surface area contributed by atoms with Crippen molar-refractivity contribution in [1.82, 2.24) is 0 Å². The van der Waals surface area contributed by atoms with Crippen LogP contribution in [-0.2, 0) is 30.5 Å². The summed E-state index contributed by atoms with van der Waals surface area (Å²) in [7, 11) is 0. The standard InChI is InChI=1S/C23H29ClO7/c1-12-4-5-18-13(2)20(27-16-9-14(10-19(25)26)8-15(24)11-16)28-21-23(18)17(12)6-7-22(3,29-21)30-31-23/h8-9,11-13,17-18,20-21H,4-7,10H2,1-3H3,(H,25,26)/t12-,13-,17+,18+,20+,21-,22-,23-/m1/s1. The lowest BCUT2D eigenvalue weighted by atomic mass is 9.58. The number of rotatable bonds is 4. The van der Waals surface area contributed by atoms with Gasteiger partial charge in [0.25, 0.3) is 0 Å². The van der Waals surface area contributed by atoms with Crippen LogP contribution in [0.25, 0.3) is 0 Å². The van der Waals surface area contributed by atoms with E-state index >= 15 is 0 Å². The van der Waals surface area contributed by atoms with Crippen LogP contribution in [0.4, 0.5) is 0 Å². The third-order valence-electron chi connectivity index (χ3n) is 7.64. The molecule has 31 heavy (non-hydrogen) atoms. The van der Waals surface area contributed by atoms with Crippen molar-refractivity contribution < 1.29 is 33.9 Å². The topological polar surface area (TPSA) is 83.5 Å². The van der Waals surface area contributed by atoms with E-state index in [4.69, 9.17) is 40.7 Å². The van der Waals surface area contributed by atoms with E-state index in [2.05, 4.69) is 13.8 Å². The van der Waals surface area contributed by atoms with Crippen molar-refractivity contribution in [2.45, 2.75) is 76.8 Å². The van der Waals surface area contributed by atoms with E-state index in [1.165, 1.54) is 0 Å². The van der Waals surface area contributed by atoms with Gasteiger partial charge in [0, 0.05) is 23.3 Å². The van der Waals surface area contributed by atoms with Gasteiger partial charge in [-0.3, -0.25) is 4.79 Å². The highest BCUT2D eigenvalue weighted by molar-refractivity contribution is 6.30. The minimum absolute atomic E-state index is 0.0165. The predicted octanol–water partition coefficient (Wildman–Crippen LogP) is 4.55. The molecular formula is C23H29ClO7. The summed E-state index contributed by atoms with van der Waals surface area (Å²) in [4.78, 5) is 23.1. The number of aliphatic carboxylic acids is 1. The fourth-order valence-corrected chi connectivity index (χ4v) is 6.35. The van der Waals surface area contributed by atoms with Gasteiger partial charge in [-0.05, 0) is 61.8 Å². The summed E-state index contributed by atoms with van der Waals surface area (Å²) in [6, 6.07) is 5.02. The van der Waals surface area contributed by atoms with Crippen LogP contribution in [0.1, 0.15) is 52.0 Å². The monoisotopic (exact) mass is 452 g/mol. The van der Waals surface area contributed by atoms with Gasteiger partial charge in [0.2, 0.25) is 12.1 Å². The van der Waals surface area contributed by atoms with Crippen molar-refractivity contribution in [2.24, 2.45) is 23.7 Å². The van der Waals surface area contributed by atoms with Gasteiger partial charge < -0.3 is 19.3 Å². The van der Waals surface area contributed by atoms with Crippen molar-refractivity contribution >= 4 is 17.6 Å². The Hall–Kier alpha value is -1.38. The average Bonchev–Trinajstić information content (AvgIpc) is 2.91. The Morgan fingerprint density at radius 2 is 2.00 bits per heavy atom. The van der Waals surface area contributed by atoms with E-state index in [1.54, 1.807) is 18.2 Å². The summed E-state index contributed by atoms with van der Waals surface area (Å²) in [6.45, 7) is 6.28. The maximum absolute atomic E-state index is 11.1. The molecule has 8 heteroatoms. The number of carboxylic acid groups (broad SMARTS) is 1. The number of halogens is 1. The maximum atomic E-state index is 11.1. The van der Waals surface area contributed by atoms with Crippen molar-refractivity contribution in [2.75, 3.05) is 0 Å². The molecule has 5 fully saturated rings. The molecule has 1 N–H and O–H groups in total. The normalized spacial score (nSPS) is 43.7. The molecule has 1 aromatic rings. The molecule has 0 radical (unpaired) electrons. The first-order chi connectivity index (χ1) is 14.7. The van der Waals surface area contributed by atoms with E-state index < -0.39 is 29.9 Å². The number of ether oxygens (including phenoxy) is 3. The Kier molecular flexibility index (Phi) is 5.26. The quantitative estimate of drug-likeness (QED) is 0.670. The average molecular weight is 453 g/mol. The van der Waals surface area contributed by atoms with Crippen LogP contribution < -0.4 is 4.74 Å². The molecule has 4 saturated heterocycles. The molecule has 1 aromatic carbocycles. The molecular weight excluding hydrogens is 424 g/mol. The van der Waals surface area contributed by atoms with Crippen molar-refractivity contribution in [3.63, 3.8) is 0 Å². The summed E-state index contributed by atoms with van der Waals surface area (Å²) in [5, 5.41) is 9.55. The molecule has 2 bridgehead atoms. The third-order valence-corrected chi connectivity index (χ3v) is 7.85. The van der Waals surface area contributed by atoms with Gasteiger partial charge >= 0.3 is 5.97 Å². The molecule has 4 aliphatic heterocycles. The first-order valence-corrected chi connectivity index (χ1v) is 11.5. The Labute approximate surface area is 186 Å². The highest BCUT2D eigenvalue weighted by Gasteiger charge is 2.69. The molecule has 0 amide bonds. The Bertz CT molecular complexity index is 877. The number of hydrogen-bond acceptors (Lipinski definition) is 6. The molecule has 170 valence electrons. The molecule has 0 unspecified atom stereocenters. The van der Waals surface area contributed by atoms with Crippen molar-refractivity contribution in [1.29, 1.82) is 0 Å². The molecule has 1 saturated carbocycles. The number of fused-ring (bicyclic) bond motifs is 2. The molecule has 5 aliphatic rings. The summed E-state index contributed by atoms with van der Waals surface area (Å²) in [6.07, 6.45) is 2.52. The van der Waals surface area contributed by atoms with Crippen LogP contribution in [0.15, 0.2) is 18.2 Å². The van der Waals surface area contributed by atoms with Gasteiger partial charge in [0.05, 0.1) is 6.42 Å². The summed E-state index contributed by atoms with van der Waals surface area (Å²) in [5.74, 6) is -0.329. The molecule has 0 aromatic heterocycles. The minimum atomic E-state index is -0.923. The second kappa shape index (κ2) is 7.59. The SMILES string of the molecule is C[C@H]1[C@@H](Oc2cc(Cl)cc(CC(=O)O)c2)O[C@@H]2O[C@@]3(C)CC[C@H]4[C@H](C)CC[C@@H]1[C@@]24OO3. The zero-order valence-corrected chi connectivity index (χ0v) is 18.8. The van der Waals surface area contributed by atoms with Crippen LogP contribution in [0.5, 0.6) is 5.75 Å². The Balaban J connectivity index is 1.45. The minimum Gasteiger partial charge on any atom is -0.481 e. The van der Waals surface area contributed by atoms with Gasteiger partial charge in [0.1, 0.15) is 5.75 Å². The smallest absolute Gasteiger partial charge is 0.307 e. The van der Waals surface area contributed by atoms with Crippen LogP contribution in [0.2, 0.25) is 5.02 Å². The molecule has 7 nitrogen and oxygen atoms in total. The number of carbonyl (C=O) groups is 1. The van der Waals surface area contributed by atoms with Crippen LogP contribution in [0.3, 0.4) is 0 Å². The predicted molar refractivity (Wildman–Crippen MR) is 110 cm³/mol. The van der Waals surface area contributed by atoms with E-state index in [9.17, 15) is 4.79 Å². The number of carboxylic acids is 1. The lowest BCUT2D eigenvalue weighted by Crippen LogP contribution is -2.70. The Morgan fingerprint density at radius 3 is 2.77 bits per heavy atom. The van der Waals surface area contributed by atoms with Crippen LogP contribution >= 0.6 is 11.6 Å². The van der Waals surface area contributed by atoms with Gasteiger partial charge in [-0.2, -0.15) is 0 Å². The molecule has 1 aliphatic carbocycles. The summed E-state index contributed by atoms with van der Waals surface area (Å²) in [5.41, 5.74) is -0.0639. The molecule has 4 heterocycles. The van der Waals surface area contributed by atoms with E-state index in [0.717, 1.165) is 25.7 Å². The van der Waals surface area contributed by atoms with Crippen molar-refractivity contribution in [3.8, 4) is 5.75 Å². The second-order valence-electron chi connectivity index (χ2n) is 9.76. The molecule has 1 spiro atoms. The van der Waals surface area contributed by atoms with Gasteiger partial charge in [0.15, 0.2) is 11.9 Å². The van der Waals surface area contributed by atoms with Gasteiger partial charge in [-0.1, -0.05) is 25.4 Å². The maximum Gasteiger partial charge on any atom is 0.307 e. The van der Waals surface area contributed by atoms with E-state index in [-0.39, 0.29) is 24.2 Å². The molecule has 6 rings (SSSR count). The zero-order chi connectivity index (χ0) is 22.0. The highest BCUT2D eigenvalue weighted by atomic mass is 35.5. The first-order valence-electron chi connectivity index (χ1n) is 11.1. The van der Waals surface area contributed by atoms with E-state index in [1.807, 2.05) is 6.92 Å². The van der Waals surface area contributed by atoms with Crippen LogP contribution in [-0.4, -0.2) is 35.0 Å². The zero-order valence-electron chi connectivity index (χ0n) is 18.0. The van der Waals surface area contributed by atoms with Gasteiger partial charge in [-0.15, -0.1) is 0 Å². The Morgan fingerprint density at radius 1 is 1.19 bits per heavy atom. The number of benzene rings is 1. The highest BCUT2D eigenvalue weighted by Crippen LogP contribution is 2.60. The molecule has 8 atom stereocenters. The van der Waals surface area contributed by atoms with Crippen molar-refractivity contribution in [3.05, 3.63) is 28.8 Å². The summed E-state index contributed by atoms with van der Waals surface area (Å²) < 4.78 is 19.0. The second-order valence-corrected chi connectivity index (χ2v) is 10.2. The third kappa shape index (κ3) is 3.55. The fourth-order valence-electron chi connectivity index (χ4n) is 6.11. The fraction of sp³-hybridized carbons (Fsp3) is 0.696. The summed E-state index contributed by atoms with van der Waals surface area (Å²) >= 11 is 6.21. The lowest BCUT2D eigenvalue weighted by molar-refractivity contribution is -0.575. The largest absolute Gasteiger partial charge is 0.481 e. The van der Waals surface area contributed by atoms with Gasteiger partial charge in [-0.25, -0.2) is 9.78 Å². The lowest BCUT2D eigenvalue weighted by Gasteiger charge is -2.60. The first kappa shape index (κ1) is 21.5. The van der Waals surface area contributed by atoms with E-state index in [0.29, 0.717) is 22.3 Å². The van der Waals surface area contributed by atoms with Crippen LogP contribution in [0, 0.1) is 23.7 Å².